The number of hydrogen-bond acceptors (Lipinski definition) is 9. The van der Waals surface area contributed by atoms with Crippen LogP contribution in [0.25, 0.3) is 0 Å². The van der Waals surface area contributed by atoms with E-state index in [-0.39, 0.29) is 43.8 Å². The van der Waals surface area contributed by atoms with E-state index in [1.807, 2.05) is 0 Å². The number of anilines is 1. The van der Waals surface area contributed by atoms with E-state index >= 15 is 0 Å². The highest BCUT2D eigenvalue weighted by molar-refractivity contribution is 7.85. The number of nitrogens with one attached hydrogen (secondary N) is 2. The largest absolute Gasteiger partial charge is 0.463 e. The van der Waals surface area contributed by atoms with Gasteiger partial charge < -0.3 is 20.5 Å². The van der Waals surface area contributed by atoms with Crippen molar-refractivity contribution in [1.29, 1.82) is 5.41 Å². The van der Waals surface area contributed by atoms with Gasteiger partial charge in [-0.05, 0) is 48.9 Å². The lowest BCUT2D eigenvalue weighted by Crippen LogP contribution is -2.33. The van der Waals surface area contributed by atoms with Gasteiger partial charge >= 0.3 is 11.9 Å². The molecule has 14 heteroatoms. The molecule has 3 rings (SSSR count). The summed E-state index contributed by atoms with van der Waals surface area (Å²) in [6.07, 6.45) is 1.11. The molecule has 0 aromatic heterocycles. The summed E-state index contributed by atoms with van der Waals surface area (Å²) in [4.78, 5) is 48.9. The maximum atomic E-state index is 12.3. The van der Waals surface area contributed by atoms with Crippen molar-refractivity contribution in [3.05, 3.63) is 59.7 Å². The maximum absolute atomic E-state index is 12.3. The number of esters is 2. The van der Waals surface area contributed by atoms with E-state index in [0.29, 0.717) is 28.8 Å². The molecule has 1 saturated heterocycles. The zero-order valence-electron chi connectivity index (χ0n) is 20.7. The standard InChI is InChI=1S/C23H24N4O6.CH4O3S/c1-14(21(30)32-13-12-27-19(28)10-11-20(27)29)15-4-8-18(9-5-15)33-22(31)16-2-6-17(7-3-16)26-23(24)25;1-5(2,3)4/h2-9,14H,10-13H2,1H3,(H4,24,25,26);1H3,(H,2,3,4)/t14-;/m0./s1. The summed E-state index contributed by atoms with van der Waals surface area (Å²) < 4.78 is 36.4. The van der Waals surface area contributed by atoms with Crippen LogP contribution in [0.15, 0.2) is 48.5 Å². The lowest BCUT2D eigenvalue weighted by atomic mass is 10.0. The first-order valence-electron chi connectivity index (χ1n) is 11.2. The summed E-state index contributed by atoms with van der Waals surface area (Å²) in [6, 6.07) is 12.7. The number of guanidine groups is 1. The van der Waals surface area contributed by atoms with Gasteiger partial charge in [-0.2, -0.15) is 8.42 Å². The fourth-order valence-electron chi connectivity index (χ4n) is 3.21. The molecule has 38 heavy (non-hydrogen) atoms. The van der Waals surface area contributed by atoms with E-state index < -0.39 is 28.0 Å². The van der Waals surface area contributed by atoms with Gasteiger partial charge in [0.15, 0.2) is 5.96 Å². The number of amides is 2. The molecule has 1 atom stereocenters. The topological polar surface area (TPSA) is 206 Å². The van der Waals surface area contributed by atoms with Crippen LogP contribution >= 0.6 is 0 Å². The van der Waals surface area contributed by atoms with E-state index in [9.17, 15) is 27.6 Å². The molecule has 204 valence electrons. The third kappa shape index (κ3) is 9.99. The number of hydrogen-bond donors (Lipinski definition) is 4. The molecular formula is C24H28N4O9S. The van der Waals surface area contributed by atoms with Crippen LogP contribution in [0.4, 0.5) is 5.69 Å². The Kier molecular flexibility index (Phi) is 10.5. The minimum absolute atomic E-state index is 0.0524. The number of benzene rings is 2. The van der Waals surface area contributed by atoms with E-state index in [0.717, 1.165) is 4.90 Å². The zero-order valence-corrected chi connectivity index (χ0v) is 21.5. The molecule has 0 saturated carbocycles. The summed E-state index contributed by atoms with van der Waals surface area (Å²) in [7, 11) is -3.67. The maximum Gasteiger partial charge on any atom is 0.343 e. The van der Waals surface area contributed by atoms with E-state index in [4.69, 9.17) is 25.2 Å². The normalized spacial score (nSPS) is 13.7. The lowest BCUT2D eigenvalue weighted by molar-refractivity contribution is -0.149. The van der Waals surface area contributed by atoms with Crippen LogP contribution in [0.3, 0.4) is 0 Å². The van der Waals surface area contributed by atoms with Crippen LogP contribution in [0, 0.1) is 5.41 Å². The van der Waals surface area contributed by atoms with Gasteiger partial charge in [-0.15, -0.1) is 0 Å². The molecule has 1 aliphatic heterocycles. The second-order valence-electron chi connectivity index (χ2n) is 8.14. The van der Waals surface area contributed by atoms with Gasteiger partial charge in [-0.1, -0.05) is 12.1 Å². The SMILES string of the molecule is CS(=O)(=O)O.C[C@H](C(=O)OCCN1C(=O)CCC1=O)c1ccc(OC(=O)c2ccc(NC(=N)N)cc2)cc1. The third-order valence-corrected chi connectivity index (χ3v) is 5.06. The van der Waals surface area contributed by atoms with Gasteiger partial charge in [0.2, 0.25) is 11.8 Å². The smallest absolute Gasteiger partial charge is 0.343 e. The van der Waals surface area contributed by atoms with Gasteiger partial charge in [-0.3, -0.25) is 29.2 Å². The first kappa shape index (κ1) is 29.9. The average molecular weight is 549 g/mol. The monoisotopic (exact) mass is 548 g/mol. The zero-order chi connectivity index (χ0) is 28.5. The number of nitrogens with zero attached hydrogens (tertiary/aromatic N) is 1. The highest BCUT2D eigenvalue weighted by Gasteiger charge is 2.29. The van der Waals surface area contributed by atoms with Gasteiger partial charge in [0.1, 0.15) is 12.4 Å². The first-order chi connectivity index (χ1) is 17.7. The molecular weight excluding hydrogens is 520 g/mol. The van der Waals surface area contributed by atoms with Crippen LogP contribution in [0.1, 0.15) is 41.6 Å². The van der Waals surface area contributed by atoms with Crippen molar-refractivity contribution in [3.8, 4) is 5.75 Å². The summed E-state index contributed by atoms with van der Waals surface area (Å²) >= 11 is 0. The Bertz CT molecular complexity index is 1270. The van der Waals surface area contributed by atoms with Crippen molar-refractivity contribution in [1.82, 2.24) is 4.90 Å². The Morgan fingerprint density at radius 2 is 1.61 bits per heavy atom. The van der Waals surface area contributed by atoms with Crippen molar-refractivity contribution in [2.75, 3.05) is 24.7 Å². The Hall–Kier alpha value is -4.30. The Morgan fingerprint density at radius 3 is 2.11 bits per heavy atom. The number of ether oxygens (including phenoxy) is 2. The molecule has 0 unspecified atom stereocenters. The summed E-state index contributed by atoms with van der Waals surface area (Å²) in [5.74, 6) is -2.04. The Balaban J connectivity index is 0.000000926. The van der Waals surface area contributed by atoms with Crippen molar-refractivity contribution in [2.45, 2.75) is 25.7 Å². The molecule has 1 fully saturated rings. The fraction of sp³-hybridized carbons (Fsp3) is 0.292. The number of likely N-dealkylation sites (tertiary alicyclic amines) is 1. The highest BCUT2D eigenvalue weighted by atomic mass is 32.2. The fourth-order valence-corrected chi connectivity index (χ4v) is 3.21. The molecule has 0 spiro atoms. The quantitative estimate of drug-likeness (QED) is 0.0928. The Morgan fingerprint density at radius 1 is 1.08 bits per heavy atom. The molecule has 0 aliphatic carbocycles. The molecule has 1 heterocycles. The lowest BCUT2D eigenvalue weighted by Gasteiger charge is -2.16. The molecule has 2 aromatic rings. The molecule has 13 nitrogen and oxygen atoms in total. The highest BCUT2D eigenvalue weighted by Crippen LogP contribution is 2.22. The van der Waals surface area contributed by atoms with Crippen molar-refractivity contribution >= 4 is 45.5 Å². The minimum Gasteiger partial charge on any atom is -0.463 e. The summed E-state index contributed by atoms with van der Waals surface area (Å²) in [6.45, 7) is 1.67. The van der Waals surface area contributed by atoms with Crippen LogP contribution < -0.4 is 15.8 Å². The predicted molar refractivity (Wildman–Crippen MR) is 136 cm³/mol. The van der Waals surface area contributed by atoms with Crippen LogP contribution in [-0.4, -0.2) is 67.0 Å². The summed E-state index contributed by atoms with van der Waals surface area (Å²) in [5, 5.41) is 9.81. The van der Waals surface area contributed by atoms with E-state index in [1.165, 1.54) is 0 Å². The van der Waals surface area contributed by atoms with Gasteiger partial charge in [-0.25, -0.2) is 4.79 Å². The molecule has 1 aliphatic rings. The molecule has 5 N–H and O–H groups in total. The molecule has 0 bridgehead atoms. The third-order valence-electron chi connectivity index (χ3n) is 5.06. The van der Waals surface area contributed by atoms with Crippen LogP contribution in [0.2, 0.25) is 0 Å². The van der Waals surface area contributed by atoms with Gasteiger partial charge in [0, 0.05) is 18.5 Å². The summed E-state index contributed by atoms with van der Waals surface area (Å²) in [5.41, 5.74) is 6.81. The van der Waals surface area contributed by atoms with Crippen molar-refractivity contribution in [2.24, 2.45) is 5.73 Å². The van der Waals surface area contributed by atoms with Crippen molar-refractivity contribution in [3.63, 3.8) is 0 Å². The van der Waals surface area contributed by atoms with E-state index in [2.05, 4.69) is 5.32 Å². The van der Waals surface area contributed by atoms with Gasteiger partial charge in [0.25, 0.3) is 10.1 Å². The minimum atomic E-state index is -3.67. The number of carbonyl (C=O) groups excluding carboxylic acids is 4. The second-order valence-corrected chi connectivity index (χ2v) is 9.60. The van der Waals surface area contributed by atoms with Crippen LogP contribution in [-0.2, 0) is 29.2 Å². The molecule has 2 amide bonds. The first-order valence-corrected chi connectivity index (χ1v) is 13.0. The average Bonchev–Trinajstić information content (AvgIpc) is 3.15. The predicted octanol–water partition coefficient (Wildman–Crippen LogP) is 1.51. The van der Waals surface area contributed by atoms with E-state index in [1.54, 1.807) is 55.5 Å². The van der Waals surface area contributed by atoms with Gasteiger partial charge in [0.05, 0.1) is 24.3 Å². The van der Waals surface area contributed by atoms with Crippen LogP contribution in [0.5, 0.6) is 5.75 Å². The molecule has 2 aromatic carbocycles. The number of nitrogens with two attached hydrogens (primary N) is 1. The number of carbonyl (C=O) groups is 4. The van der Waals surface area contributed by atoms with Crippen molar-refractivity contribution < 1.29 is 41.6 Å². The Labute approximate surface area is 219 Å². The molecule has 0 radical (unpaired) electrons. The number of imide groups is 1. The second kappa shape index (κ2) is 13.3. The number of rotatable bonds is 8.